The van der Waals surface area contributed by atoms with Crippen LogP contribution in [0.5, 0.6) is 5.75 Å². The van der Waals surface area contributed by atoms with Gasteiger partial charge in [0.15, 0.2) is 5.96 Å². The van der Waals surface area contributed by atoms with Crippen molar-refractivity contribution in [2.24, 2.45) is 10.7 Å². The third-order valence-electron chi connectivity index (χ3n) is 1.60. The van der Waals surface area contributed by atoms with Gasteiger partial charge in [-0.25, -0.2) is 0 Å². The molecular weight excluding hydrogens is 350 g/mol. The third-order valence-corrected chi connectivity index (χ3v) is 1.60. The van der Waals surface area contributed by atoms with Crippen molar-refractivity contribution >= 4 is 35.6 Å². The van der Waals surface area contributed by atoms with Crippen LogP contribution in [-0.2, 0) is 0 Å². The molecule has 96 valence electrons. The molecule has 0 spiro atoms. The van der Waals surface area contributed by atoms with Gasteiger partial charge in [0.05, 0.1) is 0 Å². The first kappa shape index (κ1) is 15.8. The highest BCUT2D eigenvalue weighted by Gasteiger charge is 2.30. The van der Waals surface area contributed by atoms with E-state index < -0.39 is 6.36 Å². The summed E-state index contributed by atoms with van der Waals surface area (Å²) in [6, 6.07) is 5.16. The van der Waals surface area contributed by atoms with E-state index in [1.165, 1.54) is 31.3 Å². The van der Waals surface area contributed by atoms with Crippen molar-refractivity contribution in [3.05, 3.63) is 24.3 Å². The lowest BCUT2D eigenvalue weighted by Gasteiger charge is -2.09. The minimum atomic E-state index is -4.68. The zero-order valence-corrected chi connectivity index (χ0v) is 11.1. The number of nitrogens with zero attached hydrogens (tertiary/aromatic N) is 1. The Labute approximate surface area is 113 Å². The zero-order chi connectivity index (χ0) is 12.2. The molecule has 0 amide bonds. The van der Waals surface area contributed by atoms with Crippen molar-refractivity contribution in [3.8, 4) is 5.75 Å². The number of ether oxygens (including phenoxy) is 1. The van der Waals surface area contributed by atoms with Crippen molar-refractivity contribution in [2.45, 2.75) is 6.36 Å². The Kier molecular flexibility index (Phi) is 6.07. The molecule has 0 saturated carbocycles. The summed E-state index contributed by atoms with van der Waals surface area (Å²) in [5, 5.41) is 2.67. The molecule has 0 heterocycles. The van der Waals surface area contributed by atoms with E-state index in [0.717, 1.165) is 0 Å². The topological polar surface area (TPSA) is 59.6 Å². The molecule has 8 heteroatoms. The second kappa shape index (κ2) is 6.52. The molecular formula is C9H11F3IN3O. The average Bonchev–Trinajstić information content (AvgIpc) is 2.18. The number of halogens is 4. The number of guanidine groups is 1. The van der Waals surface area contributed by atoms with Crippen LogP contribution >= 0.6 is 24.0 Å². The highest BCUT2D eigenvalue weighted by Crippen LogP contribution is 2.23. The largest absolute Gasteiger partial charge is 0.573 e. The van der Waals surface area contributed by atoms with Crippen LogP contribution in [0.1, 0.15) is 0 Å². The van der Waals surface area contributed by atoms with Gasteiger partial charge in [-0.1, -0.05) is 0 Å². The van der Waals surface area contributed by atoms with Crippen molar-refractivity contribution in [2.75, 3.05) is 12.4 Å². The molecule has 0 fully saturated rings. The van der Waals surface area contributed by atoms with E-state index in [0.29, 0.717) is 5.69 Å². The quantitative estimate of drug-likeness (QED) is 0.484. The Morgan fingerprint density at radius 2 is 1.82 bits per heavy atom. The predicted octanol–water partition coefficient (Wildman–Crippen LogP) is 2.56. The fourth-order valence-electron chi connectivity index (χ4n) is 0.944. The van der Waals surface area contributed by atoms with Crippen LogP contribution in [0.2, 0.25) is 0 Å². The molecule has 0 aliphatic carbocycles. The number of benzene rings is 1. The van der Waals surface area contributed by atoms with Gasteiger partial charge >= 0.3 is 6.36 Å². The zero-order valence-electron chi connectivity index (χ0n) is 8.78. The van der Waals surface area contributed by atoms with E-state index >= 15 is 0 Å². The molecule has 0 aliphatic heterocycles. The van der Waals surface area contributed by atoms with Crippen LogP contribution in [0.3, 0.4) is 0 Å². The Morgan fingerprint density at radius 1 is 1.29 bits per heavy atom. The van der Waals surface area contributed by atoms with Crippen molar-refractivity contribution in [3.63, 3.8) is 0 Å². The number of rotatable bonds is 2. The lowest BCUT2D eigenvalue weighted by molar-refractivity contribution is -0.274. The molecule has 1 aromatic carbocycles. The summed E-state index contributed by atoms with van der Waals surface area (Å²) < 4.78 is 39.2. The number of anilines is 1. The van der Waals surface area contributed by atoms with Crippen molar-refractivity contribution < 1.29 is 17.9 Å². The summed E-state index contributed by atoms with van der Waals surface area (Å²) in [5.74, 6) is -0.116. The predicted molar refractivity (Wildman–Crippen MR) is 69.7 cm³/mol. The van der Waals surface area contributed by atoms with Gasteiger partial charge in [0.25, 0.3) is 0 Å². The molecule has 1 aromatic rings. The second-order valence-electron chi connectivity index (χ2n) is 2.81. The summed E-state index contributed by atoms with van der Waals surface area (Å²) >= 11 is 0. The Bertz CT molecular complexity index is 378. The highest BCUT2D eigenvalue weighted by molar-refractivity contribution is 14.0. The Balaban J connectivity index is 0.00000256. The SMILES string of the molecule is CN=C(N)Nc1ccc(OC(F)(F)F)cc1.I. The Morgan fingerprint density at radius 3 is 2.24 bits per heavy atom. The van der Waals surface area contributed by atoms with Gasteiger partial charge in [-0.15, -0.1) is 37.1 Å². The van der Waals surface area contributed by atoms with Gasteiger partial charge in [0, 0.05) is 12.7 Å². The van der Waals surface area contributed by atoms with Gasteiger partial charge in [-0.05, 0) is 24.3 Å². The maximum atomic E-state index is 11.8. The second-order valence-corrected chi connectivity index (χ2v) is 2.81. The van der Waals surface area contributed by atoms with Crippen LogP contribution in [0.15, 0.2) is 29.3 Å². The third kappa shape index (κ3) is 6.19. The molecule has 4 nitrogen and oxygen atoms in total. The molecule has 0 aliphatic rings. The molecule has 0 radical (unpaired) electrons. The van der Waals surface area contributed by atoms with Crippen LogP contribution in [-0.4, -0.2) is 19.4 Å². The lowest BCUT2D eigenvalue weighted by atomic mass is 10.3. The van der Waals surface area contributed by atoms with E-state index in [2.05, 4.69) is 15.0 Å². The Hall–Kier alpha value is -1.19. The maximum absolute atomic E-state index is 11.8. The number of alkyl halides is 3. The van der Waals surface area contributed by atoms with Crippen LogP contribution in [0.4, 0.5) is 18.9 Å². The van der Waals surface area contributed by atoms with Gasteiger partial charge in [0.1, 0.15) is 5.75 Å². The normalized spacial score (nSPS) is 11.6. The molecule has 0 saturated heterocycles. The van der Waals surface area contributed by atoms with E-state index in [1.807, 2.05) is 0 Å². The smallest absolute Gasteiger partial charge is 0.406 e. The lowest BCUT2D eigenvalue weighted by Crippen LogP contribution is -2.22. The minimum absolute atomic E-state index is 0. The standard InChI is InChI=1S/C9H10F3N3O.HI/c1-14-8(13)15-6-2-4-7(5-3-6)16-9(10,11)12;/h2-5H,1H3,(H3,13,14,15);1H. The number of hydrogen-bond acceptors (Lipinski definition) is 2. The number of nitrogens with one attached hydrogen (secondary N) is 1. The van der Waals surface area contributed by atoms with Crippen LogP contribution in [0, 0.1) is 0 Å². The molecule has 3 N–H and O–H groups in total. The first-order valence-electron chi connectivity index (χ1n) is 4.26. The summed E-state index contributed by atoms with van der Waals surface area (Å²) in [6.07, 6.45) is -4.68. The molecule has 0 unspecified atom stereocenters. The fraction of sp³-hybridized carbons (Fsp3) is 0.222. The molecule has 1 rings (SSSR count). The summed E-state index contributed by atoms with van der Waals surface area (Å²) in [6.45, 7) is 0. The summed E-state index contributed by atoms with van der Waals surface area (Å²) in [5.41, 5.74) is 5.90. The number of nitrogens with two attached hydrogens (primary N) is 1. The van der Waals surface area contributed by atoms with Crippen molar-refractivity contribution in [1.82, 2.24) is 0 Å². The summed E-state index contributed by atoms with van der Waals surface area (Å²) in [7, 11) is 1.49. The first-order valence-corrected chi connectivity index (χ1v) is 4.26. The van der Waals surface area contributed by atoms with E-state index in [9.17, 15) is 13.2 Å². The van der Waals surface area contributed by atoms with E-state index in [1.54, 1.807) is 0 Å². The molecule has 0 atom stereocenters. The number of aliphatic imine (C=N–C) groups is 1. The van der Waals surface area contributed by atoms with Crippen LogP contribution in [0.25, 0.3) is 0 Å². The molecule has 0 aromatic heterocycles. The average molecular weight is 361 g/mol. The number of hydrogen-bond donors (Lipinski definition) is 2. The van der Waals surface area contributed by atoms with Crippen molar-refractivity contribution in [1.29, 1.82) is 0 Å². The van der Waals surface area contributed by atoms with Crippen LogP contribution < -0.4 is 15.8 Å². The van der Waals surface area contributed by atoms with Gasteiger partial charge in [-0.2, -0.15) is 0 Å². The van der Waals surface area contributed by atoms with E-state index in [4.69, 9.17) is 5.73 Å². The van der Waals surface area contributed by atoms with Gasteiger partial charge < -0.3 is 15.8 Å². The first-order chi connectivity index (χ1) is 7.40. The monoisotopic (exact) mass is 361 g/mol. The van der Waals surface area contributed by atoms with Gasteiger partial charge in [0.2, 0.25) is 0 Å². The maximum Gasteiger partial charge on any atom is 0.573 e. The molecule has 0 bridgehead atoms. The van der Waals surface area contributed by atoms with Gasteiger partial charge in [-0.3, -0.25) is 4.99 Å². The summed E-state index contributed by atoms with van der Waals surface area (Å²) in [4.78, 5) is 3.64. The highest BCUT2D eigenvalue weighted by atomic mass is 127. The minimum Gasteiger partial charge on any atom is -0.406 e. The van der Waals surface area contributed by atoms with E-state index in [-0.39, 0.29) is 35.7 Å². The molecule has 17 heavy (non-hydrogen) atoms. The fourth-order valence-corrected chi connectivity index (χ4v) is 0.944.